The van der Waals surface area contributed by atoms with Gasteiger partial charge in [-0.25, -0.2) is 0 Å². The predicted molar refractivity (Wildman–Crippen MR) is 111 cm³/mol. The summed E-state index contributed by atoms with van der Waals surface area (Å²) in [5.74, 6) is 0. The summed E-state index contributed by atoms with van der Waals surface area (Å²) in [7, 11) is -2.44. The van der Waals surface area contributed by atoms with Crippen molar-refractivity contribution in [3.05, 3.63) is 72.8 Å². The lowest BCUT2D eigenvalue weighted by molar-refractivity contribution is 0.328. The smallest absolute Gasteiger partial charge is 0.261 e. The van der Waals surface area contributed by atoms with Gasteiger partial charge in [0.1, 0.15) is 0 Å². The van der Waals surface area contributed by atoms with E-state index in [1.807, 2.05) is 0 Å². The summed E-state index contributed by atoms with van der Waals surface area (Å²) in [6.07, 6.45) is 0. The molecular formula is C21H27BrOSi. The summed E-state index contributed by atoms with van der Waals surface area (Å²) < 4.78 is 6.80. The second-order valence-corrected chi connectivity index (χ2v) is 12.9. The Hall–Kier alpha value is -1.16. The van der Waals surface area contributed by atoms with Crippen molar-refractivity contribution in [1.29, 1.82) is 0 Å². The van der Waals surface area contributed by atoms with E-state index in [2.05, 4.69) is 111 Å². The van der Waals surface area contributed by atoms with Crippen LogP contribution in [0.25, 0.3) is 0 Å². The molecular weight excluding hydrogens is 376 g/mol. The molecule has 0 aromatic heterocycles. The summed E-state index contributed by atoms with van der Waals surface area (Å²) >= 11 is 3.61. The van der Waals surface area contributed by atoms with Gasteiger partial charge in [0, 0.05) is 4.83 Å². The number of halogens is 1. The number of hydrogen-bond acceptors (Lipinski definition) is 1. The number of hydrogen-bond donors (Lipinski definition) is 0. The largest absolute Gasteiger partial charge is 0.403 e. The standard InChI is InChI=1S/C21H27BrOSi/c1-17(18(2)22)16-23-24(21(3,4)5,19-12-8-6-9-13-19)20-14-10-7-11-15-20/h6-15,18H,1,16H2,2-5H3. The van der Waals surface area contributed by atoms with E-state index in [1.54, 1.807) is 0 Å². The molecule has 0 aliphatic heterocycles. The third kappa shape index (κ3) is 3.90. The summed E-state index contributed by atoms with van der Waals surface area (Å²) in [5.41, 5.74) is 1.07. The highest BCUT2D eigenvalue weighted by molar-refractivity contribution is 9.09. The van der Waals surface area contributed by atoms with E-state index in [0.717, 1.165) is 5.57 Å². The Morgan fingerprint density at radius 3 is 1.75 bits per heavy atom. The van der Waals surface area contributed by atoms with Gasteiger partial charge in [-0.1, -0.05) is 104 Å². The molecule has 1 unspecified atom stereocenters. The van der Waals surface area contributed by atoms with Crippen molar-refractivity contribution in [3.63, 3.8) is 0 Å². The topological polar surface area (TPSA) is 9.23 Å². The van der Waals surface area contributed by atoms with Crippen LogP contribution in [0, 0.1) is 0 Å². The average molecular weight is 403 g/mol. The Morgan fingerprint density at radius 1 is 1.00 bits per heavy atom. The molecule has 0 saturated carbocycles. The van der Waals surface area contributed by atoms with Gasteiger partial charge < -0.3 is 4.43 Å². The fourth-order valence-electron chi connectivity index (χ4n) is 3.08. The van der Waals surface area contributed by atoms with Crippen molar-refractivity contribution in [2.45, 2.75) is 37.6 Å². The minimum Gasteiger partial charge on any atom is -0.403 e. The van der Waals surface area contributed by atoms with Crippen molar-refractivity contribution in [1.82, 2.24) is 0 Å². The normalized spacial score (nSPS) is 13.5. The zero-order valence-electron chi connectivity index (χ0n) is 15.1. The molecule has 3 heteroatoms. The molecule has 2 aromatic carbocycles. The number of alkyl halides is 1. The molecule has 1 nitrogen and oxygen atoms in total. The van der Waals surface area contributed by atoms with Crippen molar-refractivity contribution in [3.8, 4) is 0 Å². The zero-order chi connectivity index (χ0) is 17.8. The van der Waals surface area contributed by atoms with Gasteiger partial charge in [0.2, 0.25) is 0 Å². The SMILES string of the molecule is C=C(CO[Si](c1ccccc1)(c1ccccc1)C(C)(C)C)C(C)Br. The van der Waals surface area contributed by atoms with Crippen molar-refractivity contribution < 1.29 is 4.43 Å². The molecule has 0 fully saturated rings. The van der Waals surface area contributed by atoms with E-state index in [-0.39, 0.29) is 9.87 Å². The average Bonchev–Trinajstić information content (AvgIpc) is 2.56. The lowest BCUT2D eigenvalue weighted by atomic mass is 10.2. The highest BCUT2D eigenvalue weighted by Crippen LogP contribution is 2.37. The zero-order valence-corrected chi connectivity index (χ0v) is 17.6. The molecule has 0 saturated heterocycles. The quantitative estimate of drug-likeness (QED) is 0.379. The van der Waals surface area contributed by atoms with Crippen LogP contribution >= 0.6 is 15.9 Å². The van der Waals surface area contributed by atoms with Crippen LogP contribution in [0.5, 0.6) is 0 Å². The Morgan fingerprint density at radius 2 is 1.42 bits per heavy atom. The second kappa shape index (κ2) is 7.81. The van der Waals surface area contributed by atoms with Crippen LogP contribution in [0.2, 0.25) is 5.04 Å². The molecule has 2 rings (SSSR count). The van der Waals surface area contributed by atoms with Crippen LogP contribution in [0.15, 0.2) is 72.8 Å². The highest BCUT2D eigenvalue weighted by Gasteiger charge is 2.50. The lowest BCUT2D eigenvalue weighted by Gasteiger charge is -2.43. The van der Waals surface area contributed by atoms with Crippen LogP contribution in [0.4, 0.5) is 0 Å². The first-order valence-corrected chi connectivity index (χ1v) is 11.2. The van der Waals surface area contributed by atoms with Gasteiger partial charge in [0.05, 0.1) is 6.61 Å². The summed E-state index contributed by atoms with van der Waals surface area (Å²) in [5, 5.41) is 2.61. The minimum atomic E-state index is -2.44. The Labute approximate surface area is 156 Å². The molecule has 0 radical (unpaired) electrons. The van der Waals surface area contributed by atoms with Gasteiger partial charge in [-0.3, -0.25) is 0 Å². The molecule has 0 bridgehead atoms. The van der Waals surface area contributed by atoms with Crippen molar-refractivity contribution in [2.75, 3.05) is 6.61 Å². The van der Waals surface area contributed by atoms with E-state index in [4.69, 9.17) is 4.43 Å². The van der Waals surface area contributed by atoms with Crippen LogP contribution in [-0.2, 0) is 4.43 Å². The Bertz CT molecular complexity index is 620. The van der Waals surface area contributed by atoms with Crippen molar-refractivity contribution >= 4 is 34.6 Å². The fraction of sp³-hybridized carbons (Fsp3) is 0.333. The highest BCUT2D eigenvalue weighted by atomic mass is 79.9. The molecule has 0 spiro atoms. The van der Waals surface area contributed by atoms with Gasteiger partial charge in [0.15, 0.2) is 0 Å². The number of rotatable bonds is 6. The van der Waals surface area contributed by atoms with E-state index >= 15 is 0 Å². The van der Waals surface area contributed by atoms with Crippen LogP contribution in [0.1, 0.15) is 27.7 Å². The van der Waals surface area contributed by atoms with E-state index in [1.165, 1.54) is 10.4 Å². The summed E-state index contributed by atoms with van der Waals surface area (Å²) in [6.45, 7) is 13.7. The summed E-state index contributed by atoms with van der Waals surface area (Å²) in [6, 6.07) is 21.4. The number of benzene rings is 2. The lowest BCUT2D eigenvalue weighted by Crippen LogP contribution is -2.66. The maximum Gasteiger partial charge on any atom is 0.261 e. The fourth-order valence-corrected chi connectivity index (χ4v) is 7.77. The second-order valence-electron chi connectivity index (χ2n) is 7.23. The molecule has 0 aliphatic carbocycles. The monoisotopic (exact) mass is 402 g/mol. The molecule has 24 heavy (non-hydrogen) atoms. The first-order valence-electron chi connectivity index (χ1n) is 8.36. The molecule has 2 aromatic rings. The maximum atomic E-state index is 6.80. The van der Waals surface area contributed by atoms with Gasteiger partial charge in [0.25, 0.3) is 8.32 Å². The van der Waals surface area contributed by atoms with E-state index in [9.17, 15) is 0 Å². The first-order chi connectivity index (χ1) is 11.3. The molecule has 0 amide bonds. The predicted octanol–water partition coefficient (Wildman–Crippen LogP) is 4.90. The van der Waals surface area contributed by atoms with Crippen LogP contribution in [0.3, 0.4) is 0 Å². The van der Waals surface area contributed by atoms with E-state index < -0.39 is 8.32 Å². The van der Waals surface area contributed by atoms with Crippen LogP contribution in [-0.4, -0.2) is 19.8 Å². The molecule has 0 aliphatic rings. The first kappa shape index (κ1) is 19.2. The molecule has 0 N–H and O–H groups in total. The van der Waals surface area contributed by atoms with Crippen molar-refractivity contribution in [2.24, 2.45) is 0 Å². The summed E-state index contributed by atoms with van der Waals surface area (Å²) in [4.78, 5) is 0.246. The van der Waals surface area contributed by atoms with E-state index in [0.29, 0.717) is 6.61 Å². The van der Waals surface area contributed by atoms with Gasteiger partial charge in [-0.05, 0) is 27.9 Å². The minimum absolute atomic E-state index is 0.00549. The maximum absolute atomic E-state index is 6.80. The Balaban J connectivity index is 2.59. The molecule has 1 atom stereocenters. The van der Waals surface area contributed by atoms with Gasteiger partial charge in [-0.2, -0.15) is 0 Å². The third-order valence-corrected chi connectivity index (χ3v) is 10.1. The molecule has 128 valence electrons. The van der Waals surface area contributed by atoms with Crippen LogP contribution < -0.4 is 10.4 Å². The molecule has 0 heterocycles. The Kier molecular flexibility index (Phi) is 6.24. The van der Waals surface area contributed by atoms with Gasteiger partial charge in [-0.15, -0.1) is 0 Å². The third-order valence-electron chi connectivity index (χ3n) is 4.45. The van der Waals surface area contributed by atoms with Gasteiger partial charge >= 0.3 is 0 Å².